The van der Waals surface area contributed by atoms with Crippen LogP contribution in [0.15, 0.2) is 24.3 Å². The smallest absolute Gasteiger partial charge is 0.171 e. The summed E-state index contributed by atoms with van der Waals surface area (Å²) in [5.41, 5.74) is 2.16. The minimum atomic E-state index is -4.12. The van der Waals surface area contributed by atoms with Crippen LogP contribution in [0.25, 0.3) is 0 Å². The van der Waals surface area contributed by atoms with Gasteiger partial charge in [0.15, 0.2) is 0 Å². The van der Waals surface area contributed by atoms with E-state index in [1.54, 1.807) is 0 Å². The van der Waals surface area contributed by atoms with Crippen molar-refractivity contribution in [2.75, 3.05) is 0 Å². The Labute approximate surface area is 150 Å². The number of rotatable bonds is 6. The summed E-state index contributed by atoms with van der Waals surface area (Å²) in [4.78, 5) is 0. The van der Waals surface area contributed by atoms with Gasteiger partial charge in [0.25, 0.3) is 0 Å². The molecule has 0 unspecified atom stereocenters. The van der Waals surface area contributed by atoms with Gasteiger partial charge < -0.3 is 0 Å². The fourth-order valence-electron chi connectivity index (χ4n) is 3.67. The number of alkyl halides is 3. The van der Waals surface area contributed by atoms with Crippen molar-refractivity contribution < 1.29 is 13.2 Å². The van der Waals surface area contributed by atoms with Gasteiger partial charge in [0.2, 0.25) is 0 Å². The van der Waals surface area contributed by atoms with Gasteiger partial charge in [0.05, 0.1) is 6.42 Å². The average molecular weight is 350 g/mol. The molecule has 0 atom stereocenters. The molecular weight excluding hydrogens is 321 g/mol. The SMILES string of the molecule is CCCCC[C@H]1CC[C@H](c2ccc(C#CCCC(F)(F)F)cc2)CC1. The van der Waals surface area contributed by atoms with E-state index in [9.17, 15) is 13.2 Å². The van der Waals surface area contributed by atoms with Crippen molar-refractivity contribution in [1.29, 1.82) is 0 Å². The first-order valence-corrected chi connectivity index (χ1v) is 9.63. The van der Waals surface area contributed by atoms with E-state index in [0.29, 0.717) is 5.92 Å². The van der Waals surface area contributed by atoms with Crippen LogP contribution in [0, 0.1) is 17.8 Å². The molecule has 138 valence electrons. The maximum absolute atomic E-state index is 12.1. The fraction of sp³-hybridized carbons (Fsp3) is 0.636. The van der Waals surface area contributed by atoms with Crippen molar-refractivity contribution in [2.45, 2.75) is 83.2 Å². The molecule has 3 heteroatoms. The molecule has 1 saturated carbocycles. The average Bonchev–Trinajstić information content (AvgIpc) is 2.59. The lowest BCUT2D eigenvalue weighted by atomic mass is 9.77. The van der Waals surface area contributed by atoms with E-state index < -0.39 is 12.6 Å². The molecule has 0 nitrogen and oxygen atoms in total. The highest BCUT2D eigenvalue weighted by atomic mass is 19.4. The number of halogens is 3. The topological polar surface area (TPSA) is 0 Å². The molecule has 1 aliphatic rings. The summed E-state index contributed by atoms with van der Waals surface area (Å²) in [6, 6.07) is 8.11. The van der Waals surface area contributed by atoms with Crippen LogP contribution in [-0.2, 0) is 0 Å². The summed E-state index contributed by atoms with van der Waals surface area (Å²) in [7, 11) is 0. The molecule has 0 spiro atoms. The van der Waals surface area contributed by atoms with Gasteiger partial charge in [-0.3, -0.25) is 0 Å². The van der Waals surface area contributed by atoms with Crippen LogP contribution in [0.5, 0.6) is 0 Å². The Morgan fingerprint density at radius 2 is 1.68 bits per heavy atom. The summed E-state index contributed by atoms with van der Waals surface area (Å²) in [5.74, 6) is 6.99. The fourth-order valence-corrected chi connectivity index (χ4v) is 3.67. The predicted molar refractivity (Wildman–Crippen MR) is 97.5 cm³/mol. The van der Waals surface area contributed by atoms with Gasteiger partial charge in [-0.15, -0.1) is 0 Å². The van der Waals surface area contributed by atoms with Crippen molar-refractivity contribution >= 4 is 0 Å². The predicted octanol–water partition coefficient (Wildman–Crippen LogP) is 7.23. The molecule has 1 aromatic rings. The van der Waals surface area contributed by atoms with Crippen molar-refractivity contribution in [3.05, 3.63) is 35.4 Å². The van der Waals surface area contributed by atoms with Crippen LogP contribution in [-0.4, -0.2) is 6.18 Å². The van der Waals surface area contributed by atoms with Gasteiger partial charge >= 0.3 is 6.18 Å². The number of benzene rings is 1. The quantitative estimate of drug-likeness (QED) is 0.375. The van der Waals surface area contributed by atoms with Crippen LogP contribution in [0.1, 0.15) is 88.2 Å². The zero-order valence-corrected chi connectivity index (χ0v) is 15.2. The van der Waals surface area contributed by atoms with Crippen LogP contribution < -0.4 is 0 Å². The van der Waals surface area contributed by atoms with Gasteiger partial charge in [-0.05, 0) is 55.2 Å². The first-order valence-electron chi connectivity index (χ1n) is 9.63. The molecule has 0 aromatic heterocycles. The molecule has 0 radical (unpaired) electrons. The van der Waals surface area contributed by atoms with Gasteiger partial charge in [-0.1, -0.05) is 56.6 Å². The Morgan fingerprint density at radius 1 is 1.00 bits per heavy atom. The third-order valence-corrected chi connectivity index (χ3v) is 5.21. The van der Waals surface area contributed by atoms with Gasteiger partial charge in [-0.25, -0.2) is 0 Å². The van der Waals surface area contributed by atoms with Gasteiger partial charge in [0, 0.05) is 12.0 Å². The van der Waals surface area contributed by atoms with Crippen molar-refractivity contribution in [2.24, 2.45) is 5.92 Å². The maximum Gasteiger partial charge on any atom is 0.390 e. The minimum Gasteiger partial charge on any atom is -0.171 e. The van der Waals surface area contributed by atoms with E-state index in [-0.39, 0.29) is 6.42 Å². The molecule has 0 amide bonds. The highest BCUT2D eigenvalue weighted by Crippen LogP contribution is 2.37. The van der Waals surface area contributed by atoms with Crippen molar-refractivity contribution in [3.63, 3.8) is 0 Å². The molecule has 25 heavy (non-hydrogen) atoms. The summed E-state index contributed by atoms with van der Waals surface area (Å²) in [6.45, 7) is 2.25. The largest absolute Gasteiger partial charge is 0.390 e. The lowest BCUT2D eigenvalue weighted by Gasteiger charge is -2.29. The van der Waals surface area contributed by atoms with Gasteiger partial charge in [-0.2, -0.15) is 13.2 Å². The Morgan fingerprint density at radius 3 is 2.28 bits per heavy atom. The van der Waals surface area contributed by atoms with Gasteiger partial charge in [0.1, 0.15) is 0 Å². The Balaban J connectivity index is 1.78. The summed E-state index contributed by atoms with van der Waals surface area (Å²) in [6.07, 6.45) is 5.48. The summed E-state index contributed by atoms with van der Waals surface area (Å²) >= 11 is 0. The second-order valence-corrected chi connectivity index (χ2v) is 7.25. The molecule has 0 saturated heterocycles. The number of unbranched alkanes of at least 4 members (excludes halogenated alkanes) is 2. The zero-order chi connectivity index (χ0) is 18.1. The first-order chi connectivity index (χ1) is 12.0. The molecule has 2 rings (SSSR count). The second kappa shape index (κ2) is 9.90. The van der Waals surface area contributed by atoms with E-state index in [1.165, 1.54) is 56.9 Å². The summed E-state index contributed by atoms with van der Waals surface area (Å²) < 4.78 is 36.3. The molecule has 1 aromatic carbocycles. The molecule has 1 aliphatic carbocycles. The Bertz CT molecular complexity index is 552. The van der Waals surface area contributed by atoms with Crippen molar-refractivity contribution in [3.8, 4) is 11.8 Å². The van der Waals surface area contributed by atoms with Crippen LogP contribution in [0.3, 0.4) is 0 Å². The second-order valence-electron chi connectivity index (χ2n) is 7.25. The lowest BCUT2D eigenvalue weighted by molar-refractivity contribution is -0.133. The third kappa shape index (κ3) is 7.55. The number of hydrogen-bond acceptors (Lipinski definition) is 0. The Hall–Kier alpha value is -1.43. The first kappa shape index (κ1) is 19.9. The molecule has 0 bridgehead atoms. The lowest BCUT2D eigenvalue weighted by Crippen LogP contribution is -2.13. The molecular formula is C22H29F3. The molecule has 0 N–H and O–H groups in total. The standard InChI is InChI=1S/C22H29F3/c1-2-3-4-7-18-9-13-20(14-10-18)21-15-11-19(12-16-21)8-5-6-17-22(23,24)25/h11-12,15-16,18,20H,2-4,6-7,9-10,13-14,17H2,1H3/t18-,20-. The third-order valence-electron chi connectivity index (χ3n) is 5.21. The molecule has 0 aliphatic heterocycles. The summed E-state index contributed by atoms with van der Waals surface area (Å²) in [5, 5.41) is 0. The van der Waals surface area contributed by atoms with E-state index in [0.717, 1.165) is 11.5 Å². The van der Waals surface area contributed by atoms with Crippen LogP contribution in [0.2, 0.25) is 0 Å². The highest BCUT2D eigenvalue weighted by Gasteiger charge is 2.25. The van der Waals surface area contributed by atoms with E-state index in [1.807, 2.05) is 12.1 Å². The van der Waals surface area contributed by atoms with Crippen molar-refractivity contribution in [1.82, 2.24) is 0 Å². The normalized spacial score (nSPS) is 20.8. The molecule has 1 fully saturated rings. The maximum atomic E-state index is 12.1. The van der Waals surface area contributed by atoms with Crippen LogP contribution in [0.4, 0.5) is 13.2 Å². The van der Waals surface area contributed by atoms with Crippen LogP contribution >= 0.6 is 0 Å². The minimum absolute atomic E-state index is 0.132. The monoisotopic (exact) mass is 350 g/mol. The number of hydrogen-bond donors (Lipinski definition) is 0. The zero-order valence-electron chi connectivity index (χ0n) is 15.2. The van der Waals surface area contributed by atoms with E-state index >= 15 is 0 Å². The van der Waals surface area contributed by atoms with E-state index in [4.69, 9.17) is 0 Å². The Kier molecular flexibility index (Phi) is 7.88. The van der Waals surface area contributed by atoms with E-state index in [2.05, 4.69) is 30.9 Å². The molecule has 0 heterocycles. The highest BCUT2D eigenvalue weighted by molar-refractivity contribution is 5.37.